The highest BCUT2D eigenvalue weighted by Crippen LogP contribution is 2.23. The number of aromatic nitrogens is 1. The summed E-state index contributed by atoms with van der Waals surface area (Å²) in [5.74, 6) is 0.281. The fourth-order valence-electron chi connectivity index (χ4n) is 2.76. The Hall–Kier alpha value is -2.12. The molecule has 2 heterocycles. The Bertz CT molecular complexity index is 663. The maximum Gasteiger partial charge on any atom is 0.227 e. The minimum atomic E-state index is 0.0339. The highest BCUT2D eigenvalue weighted by Gasteiger charge is 2.25. The minimum Gasteiger partial charge on any atom is -0.508 e. The predicted molar refractivity (Wildman–Crippen MR) is 91.3 cm³/mol. The maximum atomic E-state index is 12.3. The summed E-state index contributed by atoms with van der Waals surface area (Å²) in [6.45, 7) is 2.64. The van der Waals surface area contributed by atoms with Gasteiger partial charge in [0.1, 0.15) is 5.75 Å². The largest absolute Gasteiger partial charge is 0.508 e. The molecule has 6 nitrogen and oxygen atoms in total. The van der Waals surface area contributed by atoms with Crippen LogP contribution in [-0.4, -0.2) is 34.0 Å². The molecule has 0 atom stereocenters. The summed E-state index contributed by atoms with van der Waals surface area (Å²) >= 11 is 1.52. The van der Waals surface area contributed by atoms with Crippen LogP contribution in [-0.2, 0) is 11.3 Å². The van der Waals surface area contributed by atoms with Crippen molar-refractivity contribution in [3.05, 3.63) is 35.3 Å². The van der Waals surface area contributed by atoms with Gasteiger partial charge in [-0.05, 0) is 50.2 Å². The molecule has 3 rings (SSSR count). The predicted octanol–water partition coefficient (Wildman–Crippen LogP) is 2.28. The number of likely N-dealkylation sites (tertiary alicyclic amines) is 1. The Morgan fingerprint density at radius 1 is 1.35 bits per heavy atom. The molecule has 0 radical (unpaired) electrons. The quantitative estimate of drug-likeness (QED) is 0.747. The van der Waals surface area contributed by atoms with E-state index in [1.807, 2.05) is 6.20 Å². The molecule has 1 fully saturated rings. The Morgan fingerprint density at radius 2 is 2.04 bits per heavy atom. The van der Waals surface area contributed by atoms with Crippen LogP contribution in [0, 0.1) is 5.92 Å². The fraction of sp³-hybridized carbons (Fsp3) is 0.375. The summed E-state index contributed by atoms with van der Waals surface area (Å²) in [6.07, 6.45) is 3.51. The van der Waals surface area contributed by atoms with Crippen LogP contribution in [0.4, 0.5) is 10.8 Å². The van der Waals surface area contributed by atoms with Crippen LogP contribution in [0.25, 0.3) is 0 Å². The molecule has 1 aliphatic rings. The second-order valence-electron chi connectivity index (χ2n) is 5.75. The third-order valence-corrected chi connectivity index (χ3v) is 4.86. The van der Waals surface area contributed by atoms with Gasteiger partial charge in [-0.2, -0.15) is 0 Å². The van der Waals surface area contributed by atoms with Gasteiger partial charge in [-0.25, -0.2) is 4.98 Å². The van der Waals surface area contributed by atoms with Crippen LogP contribution >= 0.6 is 11.3 Å². The van der Waals surface area contributed by atoms with E-state index >= 15 is 0 Å². The number of amides is 1. The number of hydrogen-bond donors (Lipinski definition) is 3. The lowest BCUT2D eigenvalue weighted by Gasteiger charge is -2.30. The number of hydrogen-bond acceptors (Lipinski definition) is 6. The van der Waals surface area contributed by atoms with Crippen molar-refractivity contribution in [2.45, 2.75) is 19.4 Å². The lowest BCUT2D eigenvalue weighted by Crippen LogP contribution is -2.37. The summed E-state index contributed by atoms with van der Waals surface area (Å²) in [6, 6.07) is 6.55. The first-order valence-corrected chi connectivity index (χ1v) is 8.44. The number of aromatic hydroxyl groups is 1. The van der Waals surface area contributed by atoms with Crippen molar-refractivity contribution < 1.29 is 9.90 Å². The molecule has 4 N–H and O–H groups in total. The van der Waals surface area contributed by atoms with Crippen molar-refractivity contribution in [3.63, 3.8) is 0 Å². The van der Waals surface area contributed by atoms with Gasteiger partial charge in [0.2, 0.25) is 5.91 Å². The van der Waals surface area contributed by atoms with Gasteiger partial charge in [0, 0.05) is 29.2 Å². The van der Waals surface area contributed by atoms with E-state index in [0.717, 1.165) is 43.0 Å². The zero-order valence-corrected chi connectivity index (χ0v) is 13.6. The molecule has 1 aromatic carbocycles. The SMILES string of the molecule is Nc1ncc(CN2CCC(C(=O)Nc3ccc(O)cc3)CC2)s1. The van der Waals surface area contributed by atoms with Crippen molar-refractivity contribution >= 4 is 28.1 Å². The topological polar surface area (TPSA) is 91.5 Å². The van der Waals surface area contributed by atoms with Crippen molar-refractivity contribution in [3.8, 4) is 5.75 Å². The highest BCUT2D eigenvalue weighted by molar-refractivity contribution is 7.15. The summed E-state index contributed by atoms with van der Waals surface area (Å²) < 4.78 is 0. The maximum absolute atomic E-state index is 12.3. The molecule has 0 saturated carbocycles. The first-order valence-electron chi connectivity index (χ1n) is 7.62. The number of carbonyl (C=O) groups excluding carboxylic acids is 1. The van der Waals surface area contributed by atoms with Crippen LogP contribution in [0.2, 0.25) is 0 Å². The van der Waals surface area contributed by atoms with Crippen molar-refractivity contribution in [2.75, 3.05) is 24.1 Å². The molecule has 0 spiro atoms. The third kappa shape index (κ3) is 4.20. The zero-order chi connectivity index (χ0) is 16.2. The molecule has 7 heteroatoms. The van der Waals surface area contributed by atoms with E-state index < -0.39 is 0 Å². The smallest absolute Gasteiger partial charge is 0.227 e. The highest BCUT2D eigenvalue weighted by atomic mass is 32.1. The van der Waals surface area contributed by atoms with Crippen LogP contribution in [0.5, 0.6) is 5.75 Å². The number of nitrogen functional groups attached to an aromatic ring is 1. The molecule has 2 aromatic rings. The molecular formula is C16H20N4O2S. The van der Waals surface area contributed by atoms with Gasteiger partial charge in [-0.15, -0.1) is 11.3 Å². The Balaban J connectivity index is 1.48. The average Bonchev–Trinajstić information content (AvgIpc) is 2.95. The number of anilines is 2. The summed E-state index contributed by atoms with van der Waals surface area (Å²) in [5, 5.41) is 12.8. The number of nitrogens with one attached hydrogen (secondary N) is 1. The second-order valence-corrected chi connectivity index (χ2v) is 6.90. The van der Waals surface area contributed by atoms with Crippen LogP contribution in [0.3, 0.4) is 0 Å². The molecule has 23 heavy (non-hydrogen) atoms. The van der Waals surface area contributed by atoms with E-state index in [0.29, 0.717) is 5.13 Å². The van der Waals surface area contributed by atoms with E-state index in [4.69, 9.17) is 5.73 Å². The molecule has 1 aromatic heterocycles. The number of phenols is 1. The number of rotatable bonds is 4. The second kappa shape index (κ2) is 6.97. The van der Waals surface area contributed by atoms with Crippen LogP contribution in [0.1, 0.15) is 17.7 Å². The number of phenolic OH excluding ortho intramolecular Hbond substituents is 1. The average molecular weight is 332 g/mol. The Morgan fingerprint density at radius 3 is 2.65 bits per heavy atom. The minimum absolute atomic E-state index is 0.0339. The van der Waals surface area contributed by atoms with Crippen molar-refractivity contribution in [2.24, 2.45) is 5.92 Å². The third-order valence-electron chi connectivity index (χ3n) is 4.04. The van der Waals surface area contributed by atoms with Gasteiger partial charge in [-0.3, -0.25) is 9.69 Å². The van der Waals surface area contributed by atoms with Crippen LogP contribution < -0.4 is 11.1 Å². The number of nitrogens with two attached hydrogens (primary N) is 1. The van der Waals surface area contributed by atoms with Crippen molar-refractivity contribution in [1.82, 2.24) is 9.88 Å². The van der Waals surface area contributed by atoms with Gasteiger partial charge in [0.05, 0.1) is 0 Å². The lowest BCUT2D eigenvalue weighted by molar-refractivity contribution is -0.121. The van der Waals surface area contributed by atoms with E-state index in [-0.39, 0.29) is 17.6 Å². The van der Waals surface area contributed by atoms with E-state index in [1.54, 1.807) is 24.3 Å². The summed E-state index contributed by atoms with van der Waals surface area (Å²) in [4.78, 5) is 19.9. The van der Waals surface area contributed by atoms with Gasteiger partial charge < -0.3 is 16.2 Å². The zero-order valence-electron chi connectivity index (χ0n) is 12.7. The van der Waals surface area contributed by atoms with E-state index in [2.05, 4.69) is 15.2 Å². The molecular weight excluding hydrogens is 312 g/mol. The number of benzene rings is 1. The first kappa shape index (κ1) is 15.8. The summed E-state index contributed by atoms with van der Waals surface area (Å²) in [5.41, 5.74) is 6.37. The number of carbonyl (C=O) groups is 1. The molecule has 122 valence electrons. The summed E-state index contributed by atoms with van der Waals surface area (Å²) in [7, 11) is 0. The van der Waals surface area contributed by atoms with Gasteiger partial charge in [0.15, 0.2) is 5.13 Å². The monoisotopic (exact) mass is 332 g/mol. The van der Waals surface area contributed by atoms with Gasteiger partial charge in [0.25, 0.3) is 0 Å². The number of piperidine rings is 1. The van der Waals surface area contributed by atoms with Crippen LogP contribution in [0.15, 0.2) is 30.5 Å². The van der Waals surface area contributed by atoms with Crippen molar-refractivity contribution in [1.29, 1.82) is 0 Å². The number of nitrogens with zero attached hydrogens (tertiary/aromatic N) is 2. The standard InChI is InChI=1S/C16H20N4O2S/c17-16-18-9-14(23-16)10-20-7-5-11(6-8-20)15(22)19-12-1-3-13(21)4-2-12/h1-4,9,11,21H,5-8,10H2,(H2,17,18)(H,19,22). The molecule has 1 saturated heterocycles. The van der Waals surface area contributed by atoms with Gasteiger partial charge in [-0.1, -0.05) is 0 Å². The van der Waals surface area contributed by atoms with E-state index in [1.165, 1.54) is 11.3 Å². The molecule has 1 aliphatic heterocycles. The number of thiazole rings is 1. The molecule has 0 unspecified atom stereocenters. The Kier molecular flexibility index (Phi) is 4.78. The normalized spacial score (nSPS) is 16.3. The Labute approximate surface area is 139 Å². The molecule has 0 bridgehead atoms. The lowest BCUT2D eigenvalue weighted by atomic mass is 9.96. The molecule has 0 aliphatic carbocycles. The first-order chi connectivity index (χ1) is 11.1. The van der Waals surface area contributed by atoms with Gasteiger partial charge >= 0.3 is 0 Å². The fourth-order valence-corrected chi connectivity index (χ4v) is 3.49. The van der Waals surface area contributed by atoms with E-state index in [9.17, 15) is 9.90 Å². The molecule has 1 amide bonds.